The van der Waals surface area contributed by atoms with Crippen molar-refractivity contribution in [1.82, 2.24) is 0 Å². The molecule has 7 heteroatoms. The third-order valence-electron chi connectivity index (χ3n) is 1.44. The third kappa shape index (κ3) is 4.76. The molecule has 0 bridgehead atoms. The van der Waals surface area contributed by atoms with E-state index in [1.54, 1.807) is 0 Å². The van der Waals surface area contributed by atoms with Crippen LogP contribution in [0.4, 0.5) is 5.69 Å². The summed E-state index contributed by atoms with van der Waals surface area (Å²) in [6.07, 6.45) is 0. The zero-order valence-electron chi connectivity index (χ0n) is 8.35. The Labute approximate surface area is 110 Å². The van der Waals surface area contributed by atoms with Crippen LogP contribution < -0.4 is 34.9 Å². The standard InChI is InChI=1S/C8H9NO4S.Na/c1-6(10)9-7-3-2-4-8(5-7)14(11,12)13;/h2-5H,1H3,(H,9,10)(H,11,12,13);/q;+1/p-1. The molecule has 76 valence electrons. The first kappa shape index (κ1) is 14.6. The Balaban J connectivity index is 0.00000196. The Morgan fingerprint density at radius 2 is 2.00 bits per heavy atom. The van der Waals surface area contributed by atoms with E-state index in [-0.39, 0.29) is 46.0 Å². The van der Waals surface area contributed by atoms with Gasteiger partial charge in [-0.25, -0.2) is 8.42 Å². The summed E-state index contributed by atoms with van der Waals surface area (Å²) in [7, 11) is -4.46. The van der Waals surface area contributed by atoms with Crippen molar-refractivity contribution in [3.63, 3.8) is 0 Å². The second-order valence-electron chi connectivity index (χ2n) is 2.66. The van der Waals surface area contributed by atoms with Crippen LogP contribution in [-0.2, 0) is 14.9 Å². The molecule has 0 spiro atoms. The summed E-state index contributed by atoms with van der Waals surface area (Å²) in [6.45, 7) is 1.29. The topological polar surface area (TPSA) is 86.3 Å². The quantitative estimate of drug-likeness (QED) is 0.457. The molecule has 0 atom stereocenters. The van der Waals surface area contributed by atoms with Gasteiger partial charge >= 0.3 is 29.6 Å². The largest absolute Gasteiger partial charge is 1.00 e. The SMILES string of the molecule is CC(=O)Nc1cccc(S(=O)(=O)[O-])c1.[Na+]. The van der Waals surface area contributed by atoms with Crippen molar-refractivity contribution < 1.29 is 47.3 Å². The molecule has 0 aromatic heterocycles. The minimum atomic E-state index is -4.46. The van der Waals surface area contributed by atoms with Crippen LogP contribution in [0.15, 0.2) is 29.2 Å². The summed E-state index contributed by atoms with van der Waals surface area (Å²) in [5, 5.41) is 2.38. The molecule has 0 radical (unpaired) electrons. The monoisotopic (exact) mass is 237 g/mol. The molecule has 0 aliphatic carbocycles. The van der Waals surface area contributed by atoms with Crippen LogP contribution in [0.2, 0.25) is 0 Å². The number of carbonyl (C=O) groups excluding carboxylic acids is 1. The fraction of sp³-hybridized carbons (Fsp3) is 0.125. The molecule has 0 unspecified atom stereocenters. The summed E-state index contributed by atoms with van der Waals surface area (Å²) in [5.41, 5.74) is 0.287. The van der Waals surface area contributed by atoms with Gasteiger partial charge in [-0.3, -0.25) is 4.79 Å². The Bertz CT molecular complexity index is 457. The summed E-state index contributed by atoms with van der Waals surface area (Å²) in [6, 6.07) is 5.17. The Morgan fingerprint density at radius 3 is 2.47 bits per heavy atom. The number of nitrogens with one attached hydrogen (secondary N) is 1. The van der Waals surface area contributed by atoms with E-state index in [2.05, 4.69) is 5.32 Å². The van der Waals surface area contributed by atoms with Crippen LogP contribution in [0.5, 0.6) is 0 Å². The van der Waals surface area contributed by atoms with Crippen LogP contribution in [0, 0.1) is 0 Å². The third-order valence-corrected chi connectivity index (χ3v) is 2.27. The van der Waals surface area contributed by atoms with Crippen LogP contribution in [0.3, 0.4) is 0 Å². The number of rotatable bonds is 2. The molecule has 0 aliphatic rings. The van der Waals surface area contributed by atoms with Crippen molar-refractivity contribution in [3.8, 4) is 0 Å². The van der Waals surface area contributed by atoms with Crippen molar-refractivity contribution >= 4 is 21.7 Å². The van der Waals surface area contributed by atoms with E-state index in [1.165, 1.54) is 25.1 Å². The average Bonchev–Trinajstić information content (AvgIpc) is 2.01. The summed E-state index contributed by atoms with van der Waals surface area (Å²) < 4.78 is 31.8. The number of anilines is 1. The molecule has 1 aromatic carbocycles. The van der Waals surface area contributed by atoms with E-state index in [9.17, 15) is 17.8 Å². The maximum absolute atomic E-state index is 10.6. The normalized spacial score (nSPS) is 10.3. The van der Waals surface area contributed by atoms with E-state index in [4.69, 9.17) is 0 Å². The van der Waals surface area contributed by atoms with Gasteiger partial charge in [-0.1, -0.05) is 6.07 Å². The minimum Gasteiger partial charge on any atom is -0.744 e. The molecule has 1 rings (SSSR count). The molecule has 1 N–H and O–H groups in total. The molecule has 1 aromatic rings. The summed E-state index contributed by atoms with van der Waals surface area (Å²) >= 11 is 0. The van der Waals surface area contributed by atoms with E-state index in [1.807, 2.05) is 0 Å². The first-order valence-corrected chi connectivity index (χ1v) is 5.14. The molecule has 0 saturated heterocycles. The number of amides is 1. The van der Waals surface area contributed by atoms with Gasteiger partial charge < -0.3 is 9.87 Å². The first-order chi connectivity index (χ1) is 6.39. The molecule has 0 saturated carbocycles. The molecule has 0 aliphatic heterocycles. The minimum absolute atomic E-state index is 0. The van der Waals surface area contributed by atoms with Gasteiger partial charge in [-0.15, -0.1) is 0 Å². The van der Waals surface area contributed by atoms with Crippen LogP contribution in [-0.4, -0.2) is 18.9 Å². The molecule has 0 fully saturated rings. The van der Waals surface area contributed by atoms with E-state index in [0.29, 0.717) is 0 Å². The van der Waals surface area contributed by atoms with Crippen molar-refractivity contribution in [2.45, 2.75) is 11.8 Å². The van der Waals surface area contributed by atoms with Gasteiger partial charge in [0.25, 0.3) is 0 Å². The summed E-state index contributed by atoms with van der Waals surface area (Å²) in [4.78, 5) is 10.3. The Kier molecular flexibility index (Phi) is 5.47. The predicted molar refractivity (Wildman–Crippen MR) is 48.7 cm³/mol. The van der Waals surface area contributed by atoms with E-state index < -0.39 is 10.1 Å². The zero-order chi connectivity index (χ0) is 10.8. The molecule has 0 heterocycles. The maximum atomic E-state index is 10.6. The Morgan fingerprint density at radius 1 is 1.40 bits per heavy atom. The van der Waals surface area contributed by atoms with Crippen LogP contribution >= 0.6 is 0 Å². The van der Waals surface area contributed by atoms with Gasteiger partial charge in [0.05, 0.1) is 4.90 Å². The van der Waals surface area contributed by atoms with Gasteiger partial charge in [0.1, 0.15) is 10.1 Å². The van der Waals surface area contributed by atoms with Gasteiger partial charge in [0.2, 0.25) is 5.91 Å². The fourth-order valence-electron chi connectivity index (χ4n) is 0.933. The molecular weight excluding hydrogens is 229 g/mol. The van der Waals surface area contributed by atoms with Gasteiger partial charge in [0, 0.05) is 12.6 Å². The number of carbonyl (C=O) groups is 1. The van der Waals surface area contributed by atoms with E-state index in [0.717, 1.165) is 6.07 Å². The van der Waals surface area contributed by atoms with Crippen LogP contribution in [0.25, 0.3) is 0 Å². The first-order valence-electron chi connectivity index (χ1n) is 3.73. The molecule has 1 amide bonds. The second kappa shape index (κ2) is 5.62. The fourth-order valence-corrected chi connectivity index (χ4v) is 1.45. The molecular formula is C8H8NNaO4S. The smallest absolute Gasteiger partial charge is 0.744 e. The molecule has 15 heavy (non-hydrogen) atoms. The van der Waals surface area contributed by atoms with Gasteiger partial charge in [-0.05, 0) is 18.2 Å². The Hall–Kier alpha value is -0.400. The van der Waals surface area contributed by atoms with Crippen molar-refractivity contribution in [3.05, 3.63) is 24.3 Å². The second-order valence-corrected chi connectivity index (χ2v) is 4.04. The predicted octanol–water partition coefficient (Wildman–Crippen LogP) is -2.45. The van der Waals surface area contributed by atoms with Gasteiger partial charge in [0.15, 0.2) is 0 Å². The maximum Gasteiger partial charge on any atom is 1.00 e. The number of hydrogen-bond donors (Lipinski definition) is 1. The number of benzene rings is 1. The van der Waals surface area contributed by atoms with Crippen LogP contribution in [0.1, 0.15) is 6.92 Å². The average molecular weight is 237 g/mol. The van der Waals surface area contributed by atoms with Crippen molar-refractivity contribution in [2.75, 3.05) is 5.32 Å². The number of hydrogen-bond acceptors (Lipinski definition) is 4. The van der Waals surface area contributed by atoms with Crippen molar-refractivity contribution in [2.24, 2.45) is 0 Å². The van der Waals surface area contributed by atoms with Crippen molar-refractivity contribution in [1.29, 1.82) is 0 Å². The van der Waals surface area contributed by atoms with Gasteiger partial charge in [-0.2, -0.15) is 0 Å². The zero-order valence-corrected chi connectivity index (χ0v) is 11.2. The van der Waals surface area contributed by atoms with E-state index >= 15 is 0 Å². The molecule has 5 nitrogen and oxygen atoms in total. The summed E-state index contributed by atoms with van der Waals surface area (Å²) in [5.74, 6) is -0.328.